The van der Waals surface area contributed by atoms with Crippen molar-refractivity contribution in [2.45, 2.75) is 5.60 Å². The average molecular weight is 222 g/mol. The molecule has 1 atom stereocenters. The standard InChI is InChI=1S/C11H8ClNO2/c12-10-5-11(10,14)7-15-9-3-1-8(6-13)2-4-9/h1-5,14H,7H2. The number of benzene rings is 1. The molecule has 3 nitrogen and oxygen atoms in total. The number of nitrogens with zero attached hydrogens (tertiary/aromatic N) is 1. The number of rotatable bonds is 3. The van der Waals surface area contributed by atoms with E-state index in [0.29, 0.717) is 16.3 Å². The Morgan fingerprint density at radius 1 is 1.40 bits per heavy atom. The molecule has 1 N–H and O–H groups in total. The third kappa shape index (κ3) is 2.12. The van der Waals surface area contributed by atoms with Crippen LogP contribution in [0.2, 0.25) is 0 Å². The molecule has 0 aliphatic heterocycles. The van der Waals surface area contributed by atoms with Gasteiger partial charge in [0.2, 0.25) is 0 Å². The molecule has 0 radical (unpaired) electrons. The lowest BCUT2D eigenvalue weighted by molar-refractivity contribution is 0.106. The Kier molecular flexibility index (Phi) is 2.39. The van der Waals surface area contributed by atoms with E-state index in [1.165, 1.54) is 6.08 Å². The predicted molar refractivity (Wildman–Crippen MR) is 55.5 cm³/mol. The lowest BCUT2D eigenvalue weighted by Gasteiger charge is -2.11. The van der Waals surface area contributed by atoms with Crippen LogP contribution in [0.25, 0.3) is 0 Å². The van der Waals surface area contributed by atoms with Crippen LogP contribution in [-0.4, -0.2) is 17.3 Å². The van der Waals surface area contributed by atoms with Gasteiger partial charge < -0.3 is 9.84 Å². The molecule has 4 heteroatoms. The van der Waals surface area contributed by atoms with Crippen LogP contribution >= 0.6 is 11.6 Å². The number of halogens is 1. The molecule has 0 amide bonds. The van der Waals surface area contributed by atoms with Crippen LogP contribution in [0, 0.1) is 11.3 Å². The number of aliphatic hydroxyl groups is 1. The molecule has 1 aromatic rings. The van der Waals surface area contributed by atoms with Crippen LogP contribution in [0.1, 0.15) is 5.56 Å². The van der Waals surface area contributed by atoms with Crippen LogP contribution in [0.15, 0.2) is 35.4 Å². The molecule has 2 rings (SSSR count). The number of nitriles is 1. The molecule has 0 spiro atoms. The van der Waals surface area contributed by atoms with Gasteiger partial charge in [0.15, 0.2) is 5.60 Å². The van der Waals surface area contributed by atoms with Gasteiger partial charge in [0.25, 0.3) is 0 Å². The predicted octanol–water partition coefficient (Wildman–Crippen LogP) is 1.80. The molecule has 15 heavy (non-hydrogen) atoms. The minimum atomic E-state index is -1.07. The second kappa shape index (κ2) is 3.58. The molecular formula is C11H8ClNO2. The van der Waals surface area contributed by atoms with E-state index in [-0.39, 0.29) is 6.61 Å². The van der Waals surface area contributed by atoms with Crippen molar-refractivity contribution in [1.82, 2.24) is 0 Å². The first-order chi connectivity index (χ1) is 7.14. The number of ether oxygens (including phenoxy) is 1. The smallest absolute Gasteiger partial charge is 0.153 e. The van der Waals surface area contributed by atoms with Crippen molar-refractivity contribution in [3.05, 3.63) is 40.9 Å². The van der Waals surface area contributed by atoms with Crippen LogP contribution in [0.3, 0.4) is 0 Å². The highest BCUT2D eigenvalue weighted by Crippen LogP contribution is 2.37. The maximum atomic E-state index is 9.56. The molecule has 0 saturated heterocycles. The van der Waals surface area contributed by atoms with Crippen molar-refractivity contribution in [2.24, 2.45) is 0 Å². The van der Waals surface area contributed by atoms with Crippen LogP contribution in [0.5, 0.6) is 5.75 Å². The molecule has 0 fully saturated rings. The Balaban J connectivity index is 1.92. The summed E-state index contributed by atoms with van der Waals surface area (Å²) in [6, 6.07) is 8.68. The molecule has 1 unspecified atom stereocenters. The van der Waals surface area contributed by atoms with Crippen LogP contribution < -0.4 is 4.74 Å². The summed E-state index contributed by atoms with van der Waals surface area (Å²) in [5.41, 5.74) is -0.501. The molecular weight excluding hydrogens is 214 g/mol. The van der Waals surface area contributed by atoms with E-state index in [1.54, 1.807) is 24.3 Å². The highest BCUT2D eigenvalue weighted by atomic mass is 35.5. The minimum absolute atomic E-state index is 0.109. The number of hydrogen-bond donors (Lipinski definition) is 1. The summed E-state index contributed by atoms with van der Waals surface area (Å²) >= 11 is 5.59. The van der Waals surface area contributed by atoms with Gasteiger partial charge in [-0.25, -0.2) is 0 Å². The highest BCUT2D eigenvalue weighted by molar-refractivity contribution is 6.33. The van der Waals surface area contributed by atoms with Crippen molar-refractivity contribution in [3.63, 3.8) is 0 Å². The van der Waals surface area contributed by atoms with Gasteiger partial charge in [0.1, 0.15) is 12.4 Å². The SMILES string of the molecule is N#Cc1ccc(OCC2(O)C=C2Cl)cc1. The van der Waals surface area contributed by atoms with Crippen LogP contribution in [-0.2, 0) is 0 Å². The van der Waals surface area contributed by atoms with Crippen molar-refractivity contribution in [1.29, 1.82) is 5.26 Å². The van der Waals surface area contributed by atoms with E-state index in [2.05, 4.69) is 0 Å². The molecule has 1 aliphatic carbocycles. The third-order valence-corrected chi connectivity index (χ3v) is 2.57. The Morgan fingerprint density at radius 3 is 2.47 bits per heavy atom. The van der Waals surface area contributed by atoms with Gasteiger partial charge >= 0.3 is 0 Å². The summed E-state index contributed by atoms with van der Waals surface area (Å²) in [7, 11) is 0. The second-order valence-electron chi connectivity index (χ2n) is 3.34. The quantitative estimate of drug-likeness (QED) is 0.847. The minimum Gasteiger partial charge on any atom is -0.490 e. The fourth-order valence-electron chi connectivity index (χ4n) is 1.10. The zero-order valence-corrected chi connectivity index (χ0v) is 8.53. The molecule has 1 aliphatic rings. The topological polar surface area (TPSA) is 53.2 Å². The lowest BCUT2D eigenvalue weighted by Crippen LogP contribution is -2.21. The highest BCUT2D eigenvalue weighted by Gasteiger charge is 2.42. The Morgan fingerprint density at radius 2 is 2.00 bits per heavy atom. The van der Waals surface area contributed by atoms with Crippen molar-refractivity contribution >= 4 is 11.6 Å². The molecule has 0 aromatic heterocycles. The maximum Gasteiger partial charge on any atom is 0.153 e. The normalized spacial score (nSPS) is 22.9. The first-order valence-electron chi connectivity index (χ1n) is 4.38. The van der Waals surface area contributed by atoms with E-state index in [4.69, 9.17) is 21.6 Å². The fraction of sp³-hybridized carbons (Fsp3) is 0.182. The molecule has 0 heterocycles. The first kappa shape index (κ1) is 10.0. The zero-order chi connectivity index (χ0) is 10.9. The van der Waals surface area contributed by atoms with Crippen molar-refractivity contribution in [3.8, 4) is 11.8 Å². The van der Waals surface area contributed by atoms with Gasteiger partial charge in [-0.15, -0.1) is 0 Å². The van der Waals surface area contributed by atoms with E-state index < -0.39 is 5.60 Å². The number of hydrogen-bond acceptors (Lipinski definition) is 3. The fourth-order valence-corrected chi connectivity index (χ4v) is 1.34. The Bertz CT molecular complexity index is 447. The van der Waals surface area contributed by atoms with Gasteiger partial charge in [-0.3, -0.25) is 0 Å². The van der Waals surface area contributed by atoms with Gasteiger partial charge in [0.05, 0.1) is 16.7 Å². The summed E-state index contributed by atoms with van der Waals surface area (Å²) in [6.45, 7) is 0.109. The largest absolute Gasteiger partial charge is 0.490 e. The first-order valence-corrected chi connectivity index (χ1v) is 4.76. The molecule has 1 aromatic carbocycles. The zero-order valence-electron chi connectivity index (χ0n) is 7.77. The Labute approximate surface area is 92.2 Å². The van der Waals surface area contributed by atoms with Gasteiger partial charge in [-0.1, -0.05) is 11.6 Å². The molecule has 76 valence electrons. The third-order valence-electron chi connectivity index (χ3n) is 2.14. The van der Waals surface area contributed by atoms with Gasteiger partial charge in [-0.05, 0) is 30.3 Å². The Hall–Kier alpha value is -1.50. The summed E-state index contributed by atoms with van der Waals surface area (Å²) < 4.78 is 5.31. The molecule has 0 bridgehead atoms. The summed E-state index contributed by atoms with van der Waals surface area (Å²) in [5.74, 6) is 0.604. The van der Waals surface area contributed by atoms with E-state index in [1.807, 2.05) is 6.07 Å². The van der Waals surface area contributed by atoms with Gasteiger partial charge in [-0.2, -0.15) is 5.26 Å². The van der Waals surface area contributed by atoms with Gasteiger partial charge in [0, 0.05) is 0 Å². The monoisotopic (exact) mass is 221 g/mol. The second-order valence-corrected chi connectivity index (χ2v) is 3.75. The average Bonchev–Trinajstić information content (AvgIpc) is 2.85. The van der Waals surface area contributed by atoms with Crippen LogP contribution in [0.4, 0.5) is 0 Å². The van der Waals surface area contributed by atoms with E-state index >= 15 is 0 Å². The maximum absolute atomic E-state index is 9.56. The van der Waals surface area contributed by atoms with Crippen molar-refractivity contribution < 1.29 is 9.84 Å². The van der Waals surface area contributed by atoms with Crippen molar-refractivity contribution in [2.75, 3.05) is 6.61 Å². The van der Waals surface area contributed by atoms with E-state index in [0.717, 1.165) is 0 Å². The summed E-state index contributed by atoms with van der Waals surface area (Å²) in [5, 5.41) is 18.5. The van der Waals surface area contributed by atoms with E-state index in [9.17, 15) is 5.11 Å². The summed E-state index contributed by atoms with van der Waals surface area (Å²) in [4.78, 5) is 0. The lowest BCUT2D eigenvalue weighted by atomic mass is 10.2. The molecule has 0 saturated carbocycles. The summed E-state index contributed by atoms with van der Waals surface area (Å²) in [6.07, 6.45) is 1.53.